The standard InChI is InChI=1S/C18H25N3O/c1-5-7-17(8-6-2)22-18-11-9-16(10-12-18)21-14-19(3)13-20(4)15-21/h5-12H,1,13-15H2,2-4H3/b8-6-,17-7+. The fraction of sp³-hybridized carbons (Fsp3) is 0.333. The summed E-state index contributed by atoms with van der Waals surface area (Å²) < 4.78 is 5.84. The largest absolute Gasteiger partial charge is 0.457 e. The van der Waals surface area contributed by atoms with Crippen LogP contribution in [-0.2, 0) is 0 Å². The van der Waals surface area contributed by atoms with Crippen LogP contribution in [0.3, 0.4) is 0 Å². The minimum atomic E-state index is 0.780. The number of allylic oxidation sites excluding steroid dienone is 4. The molecule has 0 N–H and O–H groups in total. The summed E-state index contributed by atoms with van der Waals surface area (Å²) in [5.74, 6) is 1.61. The first-order valence-electron chi connectivity index (χ1n) is 7.47. The SMILES string of the molecule is C=C/C=C(\C=C/C)Oc1ccc(N2CN(C)CN(C)C2)cc1. The highest BCUT2D eigenvalue weighted by atomic mass is 16.5. The smallest absolute Gasteiger partial charge is 0.127 e. The van der Waals surface area contributed by atoms with E-state index >= 15 is 0 Å². The third-order valence-electron chi connectivity index (χ3n) is 3.36. The van der Waals surface area contributed by atoms with Crippen LogP contribution in [0, 0.1) is 0 Å². The van der Waals surface area contributed by atoms with E-state index in [9.17, 15) is 0 Å². The van der Waals surface area contributed by atoms with Crippen LogP contribution in [0.5, 0.6) is 5.75 Å². The monoisotopic (exact) mass is 299 g/mol. The van der Waals surface area contributed by atoms with E-state index in [1.807, 2.05) is 37.3 Å². The maximum absolute atomic E-state index is 5.84. The van der Waals surface area contributed by atoms with Crippen LogP contribution in [0.4, 0.5) is 5.69 Å². The molecule has 0 aromatic heterocycles. The van der Waals surface area contributed by atoms with E-state index in [0.29, 0.717) is 0 Å². The van der Waals surface area contributed by atoms with Crippen molar-refractivity contribution in [2.45, 2.75) is 6.92 Å². The molecule has 0 bridgehead atoms. The molecule has 118 valence electrons. The molecule has 1 heterocycles. The van der Waals surface area contributed by atoms with Gasteiger partial charge in [0, 0.05) is 5.69 Å². The minimum Gasteiger partial charge on any atom is -0.457 e. The molecule has 4 heteroatoms. The maximum atomic E-state index is 5.84. The molecule has 4 nitrogen and oxygen atoms in total. The van der Waals surface area contributed by atoms with Gasteiger partial charge in [0.25, 0.3) is 0 Å². The van der Waals surface area contributed by atoms with E-state index in [4.69, 9.17) is 4.74 Å². The normalized spacial score (nSPS) is 18.0. The van der Waals surface area contributed by atoms with Gasteiger partial charge in [-0.05, 0) is 57.4 Å². The second kappa shape index (κ2) is 7.82. The maximum Gasteiger partial charge on any atom is 0.127 e. The van der Waals surface area contributed by atoms with Crippen LogP contribution < -0.4 is 9.64 Å². The Morgan fingerprint density at radius 3 is 2.27 bits per heavy atom. The lowest BCUT2D eigenvalue weighted by Crippen LogP contribution is -2.52. The molecular formula is C18H25N3O. The lowest BCUT2D eigenvalue weighted by molar-refractivity contribution is 0.135. The van der Waals surface area contributed by atoms with Gasteiger partial charge in [-0.2, -0.15) is 0 Å². The van der Waals surface area contributed by atoms with Gasteiger partial charge >= 0.3 is 0 Å². The average Bonchev–Trinajstić information content (AvgIpc) is 2.47. The number of ether oxygens (including phenoxy) is 1. The molecule has 1 fully saturated rings. The summed E-state index contributed by atoms with van der Waals surface area (Å²) in [5.41, 5.74) is 1.20. The molecule has 0 spiro atoms. The van der Waals surface area contributed by atoms with Gasteiger partial charge < -0.3 is 9.64 Å². The molecule has 1 aromatic rings. The molecule has 1 aliphatic heterocycles. The van der Waals surface area contributed by atoms with Crippen molar-refractivity contribution in [1.29, 1.82) is 0 Å². The molecule has 22 heavy (non-hydrogen) atoms. The van der Waals surface area contributed by atoms with Crippen molar-refractivity contribution >= 4 is 5.69 Å². The average molecular weight is 299 g/mol. The Hall–Kier alpha value is -2.04. The minimum absolute atomic E-state index is 0.780. The van der Waals surface area contributed by atoms with E-state index in [1.54, 1.807) is 6.08 Å². The van der Waals surface area contributed by atoms with Crippen LogP contribution >= 0.6 is 0 Å². The molecule has 2 rings (SSSR count). The second-order valence-electron chi connectivity index (χ2n) is 5.58. The second-order valence-corrected chi connectivity index (χ2v) is 5.58. The predicted octanol–water partition coefficient (Wildman–Crippen LogP) is 3.27. The van der Waals surface area contributed by atoms with Gasteiger partial charge in [-0.25, -0.2) is 0 Å². The summed E-state index contributed by atoms with van der Waals surface area (Å²) in [6.45, 7) is 8.54. The predicted molar refractivity (Wildman–Crippen MR) is 92.8 cm³/mol. The van der Waals surface area contributed by atoms with E-state index in [1.165, 1.54) is 5.69 Å². The summed E-state index contributed by atoms with van der Waals surface area (Å²) in [4.78, 5) is 6.90. The highest BCUT2D eigenvalue weighted by molar-refractivity contribution is 5.49. The van der Waals surface area contributed by atoms with Crippen LogP contribution in [0.15, 0.2) is 60.9 Å². The number of rotatable bonds is 5. The van der Waals surface area contributed by atoms with Crippen molar-refractivity contribution in [3.05, 3.63) is 60.9 Å². The molecule has 0 saturated carbocycles. The molecular weight excluding hydrogens is 274 g/mol. The molecule has 0 unspecified atom stereocenters. The number of hydrogen-bond acceptors (Lipinski definition) is 4. The molecule has 1 saturated heterocycles. The van der Waals surface area contributed by atoms with Crippen LogP contribution in [0.25, 0.3) is 0 Å². The molecule has 0 atom stereocenters. The molecule has 0 radical (unpaired) electrons. The zero-order chi connectivity index (χ0) is 15.9. The summed E-state index contributed by atoms with van der Waals surface area (Å²) in [6.07, 6.45) is 7.44. The van der Waals surface area contributed by atoms with Gasteiger partial charge in [-0.3, -0.25) is 9.80 Å². The first-order chi connectivity index (χ1) is 10.6. The zero-order valence-electron chi connectivity index (χ0n) is 13.7. The van der Waals surface area contributed by atoms with Gasteiger partial charge in [0.2, 0.25) is 0 Å². The Bertz CT molecular complexity index is 538. The van der Waals surface area contributed by atoms with Crippen molar-refractivity contribution < 1.29 is 4.74 Å². The Balaban J connectivity index is 2.06. The van der Waals surface area contributed by atoms with Crippen LogP contribution in [0.1, 0.15) is 6.92 Å². The highest BCUT2D eigenvalue weighted by Gasteiger charge is 2.18. The van der Waals surface area contributed by atoms with Crippen molar-refractivity contribution in [1.82, 2.24) is 9.80 Å². The summed E-state index contributed by atoms with van der Waals surface area (Å²) in [7, 11) is 4.26. The fourth-order valence-corrected chi connectivity index (χ4v) is 2.56. The van der Waals surface area contributed by atoms with Gasteiger partial charge in [-0.1, -0.05) is 18.7 Å². The molecule has 0 amide bonds. The Morgan fingerprint density at radius 1 is 1.09 bits per heavy atom. The van der Waals surface area contributed by atoms with Gasteiger partial charge in [0.1, 0.15) is 11.5 Å². The zero-order valence-corrected chi connectivity index (χ0v) is 13.7. The van der Waals surface area contributed by atoms with Crippen molar-refractivity contribution in [3.8, 4) is 5.75 Å². The summed E-state index contributed by atoms with van der Waals surface area (Å²) in [5, 5.41) is 0. The van der Waals surface area contributed by atoms with Crippen molar-refractivity contribution in [3.63, 3.8) is 0 Å². The van der Waals surface area contributed by atoms with Gasteiger partial charge in [0.05, 0.1) is 20.0 Å². The molecule has 0 aliphatic carbocycles. The van der Waals surface area contributed by atoms with E-state index in [2.05, 4.69) is 47.5 Å². The molecule has 1 aliphatic rings. The van der Waals surface area contributed by atoms with Crippen LogP contribution in [0.2, 0.25) is 0 Å². The Morgan fingerprint density at radius 2 is 1.73 bits per heavy atom. The number of hydrogen-bond donors (Lipinski definition) is 0. The summed E-state index contributed by atoms with van der Waals surface area (Å²) in [6, 6.07) is 8.21. The number of benzene rings is 1. The quantitative estimate of drug-likeness (QED) is 0.613. The third kappa shape index (κ3) is 4.48. The van der Waals surface area contributed by atoms with Gasteiger partial charge in [0.15, 0.2) is 0 Å². The Labute approximate surface area is 133 Å². The lowest BCUT2D eigenvalue weighted by Gasteiger charge is -2.40. The molecule has 1 aromatic carbocycles. The van der Waals surface area contributed by atoms with Gasteiger partial charge in [-0.15, -0.1) is 0 Å². The van der Waals surface area contributed by atoms with Crippen LogP contribution in [-0.4, -0.2) is 43.9 Å². The summed E-state index contributed by atoms with van der Waals surface area (Å²) >= 11 is 0. The number of nitrogens with zero attached hydrogens (tertiary/aromatic N) is 3. The van der Waals surface area contributed by atoms with Crippen molar-refractivity contribution in [2.24, 2.45) is 0 Å². The third-order valence-corrected chi connectivity index (χ3v) is 3.36. The van der Waals surface area contributed by atoms with E-state index in [-0.39, 0.29) is 0 Å². The van der Waals surface area contributed by atoms with Crippen molar-refractivity contribution in [2.75, 3.05) is 39.0 Å². The first-order valence-corrected chi connectivity index (χ1v) is 7.47. The first kappa shape index (κ1) is 16.3. The van der Waals surface area contributed by atoms with E-state index in [0.717, 1.165) is 31.5 Å². The topological polar surface area (TPSA) is 19.0 Å². The Kier molecular flexibility index (Phi) is 5.81. The lowest BCUT2D eigenvalue weighted by atomic mass is 10.2. The number of anilines is 1. The van der Waals surface area contributed by atoms with E-state index < -0.39 is 0 Å². The highest BCUT2D eigenvalue weighted by Crippen LogP contribution is 2.22. The fourth-order valence-electron chi connectivity index (χ4n) is 2.56.